The van der Waals surface area contributed by atoms with Crippen LogP contribution in [0.15, 0.2) is 12.1 Å². The second kappa shape index (κ2) is 4.46. The Labute approximate surface area is 90.2 Å². The van der Waals surface area contributed by atoms with Crippen molar-refractivity contribution in [3.63, 3.8) is 0 Å². The van der Waals surface area contributed by atoms with Gasteiger partial charge in [0.25, 0.3) is 0 Å². The third-order valence-electron chi connectivity index (χ3n) is 1.82. The highest BCUT2D eigenvalue weighted by Gasteiger charge is 2.38. The number of nitrogens with zero attached hydrogens (tertiary/aromatic N) is 1. The molecule has 0 aromatic carbocycles. The van der Waals surface area contributed by atoms with Crippen LogP contribution in [0.4, 0.5) is 18.9 Å². The van der Waals surface area contributed by atoms with E-state index in [9.17, 15) is 13.2 Å². The molecular weight excluding hydrogens is 225 g/mol. The molecule has 4 nitrogen and oxygen atoms in total. The van der Waals surface area contributed by atoms with Crippen molar-refractivity contribution < 1.29 is 22.6 Å². The molecule has 0 bridgehead atoms. The molecular formula is C9H11F3N2O2. The number of halogens is 3. The summed E-state index contributed by atoms with van der Waals surface area (Å²) in [5, 5.41) is 0. The van der Waals surface area contributed by atoms with Crippen molar-refractivity contribution in [2.75, 3.05) is 12.8 Å². The van der Waals surface area contributed by atoms with E-state index in [-0.39, 0.29) is 17.4 Å². The van der Waals surface area contributed by atoms with Crippen molar-refractivity contribution in [1.29, 1.82) is 0 Å². The second-order valence-electron chi connectivity index (χ2n) is 3.05. The smallest absolute Gasteiger partial charge is 0.425 e. The lowest BCUT2D eigenvalue weighted by molar-refractivity contribution is -0.189. The summed E-state index contributed by atoms with van der Waals surface area (Å²) in [5.41, 5.74) is 5.45. The lowest BCUT2D eigenvalue weighted by Gasteiger charge is -2.18. The van der Waals surface area contributed by atoms with Crippen molar-refractivity contribution in [1.82, 2.24) is 4.98 Å². The molecule has 1 heterocycles. The summed E-state index contributed by atoms with van der Waals surface area (Å²) in [6, 6.07) is 2.80. The van der Waals surface area contributed by atoms with Crippen molar-refractivity contribution in [3.05, 3.63) is 12.1 Å². The molecule has 0 radical (unpaired) electrons. The van der Waals surface area contributed by atoms with Crippen LogP contribution in [0.3, 0.4) is 0 Å². The number of aromatic nitrogens is 1. The number of pyridine rings is 1. The third-order valence-corrected chi connectivity index (χ3v) is 1.82. The molecule has 0 aliphatic rings. The number of anilines is 1. The average Bonchev–Trinajstić information content (AvgIpc) is 2.19. The highest BCUT2D eigenvalue weighted by molar-refractivity contribution is 5.49. The zero-order valence-electron chi connectivity index (χ0n) is 8.71. The summed E-state index contributed by atoms with van der Waals surface area (Å²) in [6.07, 6.45) is -6.44. The molecule has 0 aliphatic carbocycles. The second-order valence-corrected chi connectivity index (χ2v) is 3.05. The molecule has 0 aliphatic heterocycles. The first-order valence-electron chi connectivity index (χ1n) is 4.38. The maximum absolute atomic E-state index is 12.2. The predicted octanol–water partition coefficient (Wildman–Crippen LogP) is 2.00. The zero-order valence-corrected chi connectivity index (χ0v) is 8.71. The van der Waals surface area contributed by atoms with Gasteiger partial charge in [-0.25, -0.2) is 0 Å². The highest BCUT2D eigenvalue weighted by atomic mass is 19.4. The Balaban J connectivity index is 2.88. The Morgan fingerprint density at radius 2 is 2.00 bits per heavy atom. The molecule has 90 valence electrons. The standard InChI is InChI=1S/C9H11F3N2O2/c1-5(9(10,11)12)16-8-6(13)3-4-7(14-8)15-2/h3-5H,13H2,1-2H3. The summed E-state index contributed by atoms with van der Waals surface area (Å²) in [7, 11) is 1.34. The summed E-state index contributed by atoms with van der Waals surface area (Å²) < 4.78 is 46.0. The third kappa shape index (κ3) is 2.91. The molecule has 0 saturated heterocycles. The normalized spacial score (nSPS) is 13.3. The first kappa shape index (κ1) is 12.4. The number of nitrogens with two attached hydrogens (primary N) is 1. The topological polar surface area (TPSA) is 57.4 Å². The van der Waals surface area contributed by atoms with Gasteiger partial charge in [0.15, 0.2) is 6.10 Å². The van der Waals surface area contributed by atoms with E-state index in [2.05, 4.69) is 9.72 Å². The fourth-order valence-electron chi connectivity index (χ4n) is 0.877. The minimum atomic E-state index is -4.46. The van der Waals surface area contributed by atoms with Crippen LogP contribution in [0.5, 0.6) is 11.8 Å². The Hall–Kier alpha value is -1.66. The van der Waals surface area contributed by atoms with Gasteiger partial charge in [-0.3, -0.25) is 0 Å². The summed E-state index contributed by atoms with van der Waals surface area (Å²) in [4.78, 5) is 3.67. The van der Waals surface area contributed by atoms with Crippen molar-refractivity contribution in [2.45, 2.75) is 19.2 Å². The van der Waals surface area contributed by atoms with Crippen LogP contribution in [0.2, 0.25) is 0 Å². The van der Waals surface area contributed by atoms with Crippen molar-refractivity contribution >= 4 is 5.69 Å². The van der Waals surface area contributed by atoms with Gasteiger partial charge >= 0.3 is 6.18 Å². The maximum Gasteiger partial charge on any atom is 0.425 e. The first-order valence-corrected chi connectivity index (χ1v) is 4.38. The van der Waals surface area contributed by atoms with Crippen LogP contribution < -0.4 is 15.2 Å². The minimum absolute atomic E-state index is 0.0249. The molecule has 0 fully saturated rings. The largest absolute Gasteiger partial charge is 0.481 e. The van der Waals surface area contributed by atoms with E-state index in [1.54, 1.807) is 0 Å². The molecule has 1 aromatic heterocycles. The van der Waals surface area contributed by atoms with Gasteiger partial charge in [-0.05, 0) is 13.0 Å². The van der Waals surface area contributed by atoms with Gasteiger partial charge in [0.05, 0.1) is 12.8 Å². The fourth-order valence-corrected chi connectivity index (χ4v) is 0.877. The maximum atomic E-state index is 12.2. The number of rotatable bonds is 3. The minimum Gasteiger partial charge on any atom is -0.481 e. The van der Waals surface area contributed by atoms with Gasteiger partial charge in [-0.1, -0.05) is 0 Å². The van der Waals surface area contributed by atoms with Gasteiger partial charge in [-0.2, -0.15) is 18.2 Å². The molecule has 0 amide bonds. The van der Waals surface area contributed by atoms with E-state index in [4.69, 9.17) is 10.5 Å². The van der Waals surface area contributed by atoms with Gasteiger partial charge in [0, 0.05) is 6.07 Å². The highest BCUT2D eigenvalue weighted by Crippen LogP contribution is 2.28. The van der Waals surface area contributed by atoms with Gasteiger partial charge in [0.2, 0.25) is 11.8 Å². The number of alkyl halides is 3. The number of hydrogen-bond donors (Lipinski definition) is 1. The Kier molecular flexibility index (Phi) is 3.46. The fraction of sp³-hybridized carbons (Fsp3) is 0.444. The summed E-state index contributed by atoms with van der Waals surface area (Å²) in [5.74, 6) is -0.150. The van der Waals surface area contributed by atoms with E-state index in [1.807, 2.05) is 0 Å². The van der Waals surface area contributed by atoms with Gasteiger partial charge < -0.3 is 15.2 Å². The summed E-state index contributed by atoms with van der Waals surface area (Å²) in [6.45, 7) is 0.876. The van der Waals surface area contributed by atoms with E-state index < -0.39 is 12.3 Å². The lowest BCUT2D eigenvalue weighted by Crippen LogP contribution is -2.31. The van der Waals surface area contributed by atoms with Gasteiger partial charge in [-0.15, -0.1) is 0 Å². The van der Waals surface area contributed by atoms with Crippen LogP contribution in [0, 0.1) is 0 Å². The van der Waals surface area contributed by atoms with Crippen LogP contribution in [0.25, 0.3) is 0 Å². The average molecular weight is 236 g/mol. The zero-order chi connectivity index (χ0) is 12.3. The molecule has 1 aromatic rings. The lowest BCUT2D eigenvalue weighted by atomic mass is 10.4. The molecule has 0 spiro atoms. The SMILES string of the molecule is COc1ccc(N)c(OC(C)C(F)(F)F)n1. The first-order chi connectivity index (χ1) is 7.34. The Morgan fingerprint density at radius 3 is 2.50 bits per heavy atom. The van der Waals surface area contributed by atoms with E-state index >= 15 is 0 Å². The predicted molar refractivity (Wildman–Crippen MR) is 51.3 cm³/mol. The molecule has 16 heavy (non-hydrogen) atoms. The van der Waals surface area contributed by atoms with Crippen LogP contribution >= 0.6 is 0 Å². The number of ether oxygens (including phenoxy) is 2. The molecule has 2 N–H and O–H groups in total. The molecule has 1 unspecified atom stereocenters. The monoisotopic (exact) mass is 236 g/mol. The van der Waals surface area contributed by atoms with Crippen LogP contribution in [-0.2, 0) is 0 Å². The van der Waals surface area contributed by atoms with Crippen LogP contribution in [-0.4, -0.2) is 24.4 Å². The molecule has 1 atom stereocenters. The van der Waals surface area contributed by atoms with E-state index in [0.717, 1.165) is 6.92 Å². The number of methoxy groups -OCH3 is 1. The quantitative estimate of drug-likeness (QED) is 0.872. The van der Waals surface area contributed by atoms with E-state index in [1.165, 1.54) is 19.2 Å². The molecule has 7 heteroatoms. The van der Waals surface area contributed by atoms with Gasteiger partial charge in [0.1, 0.15) is 0 Å². The molecule has 0 saturated carbocycles. The van der Waals surface area contributed by atoms with Crippen LogP contribution in [0.1, 0.15) is 6.92 Å². The van der Waals surface area contributed by atoms with Crippen molar-refractivity contribution in [3.8, 4) is 11.8 Å². The van der Waals surface area contributed by atoms with Crippen molar-refractivity contribution in [2.24, 2.45) is 0 Å². The Morgan fingerprint density at radius 1 is 1.38 bits per heavy atom. The number of hydrogen-bond acceptors (Lipinski definition) is 4. The summed E-state index contributed by atoms with van der Waals surface area (Å²) >= 11 is 0. The number of nitrogen functional groups attached to an aromatic ring is 1. The van der Waals surface area contributed by atoms with E-state index in [0.29, 0.717) is 0 Å². The Bertz CT molecular complexity index is 368. The molecule has 1 rings (SSSR count).